The van der Waals surface area contributed by atoms with E-state index in [-0.39, 0.29) is 30.1 Å². The van der Waals surface area contributed by atoms with Crippen molar-refractivity contribution in [3.05, 3.63) is 74.3 Å². The van der Waals surface area contributed by atoms with Gasteiger partial charge in [-0.1, -0.05) is 29.8 Å². The van der Waals surface area contributed by atoms with Crippen LogP contribution in [0.15, 0.2) is 41.2 Å². The number of halogens is 1. The molecule has 0 spiro atoms. The predicted octanol–water partition coefficient (Wildman–Crippen LogP) is 3.56. The van der Waals surface area contributed by atoms with Crippen LogP contribution in [-0.4, -0.2) is 27.1 Å². The molecule has 1 atom stereocenters. The number of nitrogens with zero attached hydrogens (tertiary/aromatic N) is 2. The molecule has 2 heterocycles. The van der Waals surface area contributed by atoms with Gasteiger partial charge in [0.2, 0.25) is 5.91 Å². The van der Waals surface area contributed by atoms with Crippen LogP contribution < -0.4 is 10.9 Å². The van der Waals surface area contributed by atoms with Crippen LogP contribution >= 0.6 is 11.6 Å². The van der Waals surface area contributed by atoms with Crippen molar-refractivity contribution in [1.29, 1.82) is 0 Å². The summed E-state index contributed by atoms with van der Waals surface area (Å²) >= 11 is 6.16. The lowest BCUT2D eigenvalue weighted by Gasteiger charge is -2.34. The van der Waals surface area contributed by atoms with Gasteiger partial charge in [-0.3, -0.25) is 29.1 Å². The van der Waals surface area contributed by atoms with E-state index in [9.17, 15) is 19.2 Å². The van der Waals surface area contributed by atoms with Crippen molar-refractivity contribution < 1.29 is 14.4 Å². The number of Topliss-reactive ketones (excluding diaryl/α,β-unsaturated/α-hetero) is 1. The topological polar surface area (TPSA) is 98.1 Å². The third kappa shape index (κ3) is 4.53. The molecule has 0 unspecified atom stereocenters. The summed E-state index contributed by atoms with van der Waals surface area (Å²) < 4.78 is 1.38. The summed E-state index contributed by atoms with van der Waals surface area (Å²) in [5.41, 5.74) is 1.67. The Balaban J connectivity index is 1.58. The summed E-state index contributed by atoms with van der Waals surface area (Å²) in [5, 5.41) is 3.35. The van der Waals surface area contributed by atoms with Gasteiger partial charge in [0.05, 0.1) is 10.9 Å². The number of amides is 2. The van der Waals surface area contributed by atoms with E-state index in [1.165, 1.54) is 4.57 Å². The molecule has 2 amide bonds. The van der Waals surface area contributed by atoms with Gasteiger partial charge in [0, 0.05) is 24.3 Å². The largest absolute Gasteiger partial charge is 0.299 e. The number of hydrogen-bond acceptors (Lipinski definition) is 5. The fourth-order valence-corrected chi connectivity index (χ4v) is 4.64. The van der Waals surface area contributed by atoms with E-state index in [1.54, 1.807) is 26.0 Å². The maximum absolute atomic E-state index is 13.5. The zero-order valence-corrected chi connectivity index (χ0v) is 20.2. The summed E-state index contributed by atoms with van der Waals surface area (Å²) in [6, 6.07) is 11.0. The third-order valence-electron chi connectivity index (χ3n) is 6.50. The molecule has 176 valence electrons. The Morgan fingerprint density at radius 3 is 2.56 bits per heavy atom. The molecule has 0 aliphatic carbocycles. The first-order chi connectivity index (χ1) is 16.1. The second-order valence-corrected chi connectivity index (χ2v) is 9.51. The molecule has 1 N–H and O–H groups in total. The first-order valence-corrected chi connectivity index (χ1v) is 11.6. The Hall–Kier alpha value is -3.32. The minimum atomic E-state index is -1.20. The molecule has 0 saturated carbocycles. The van der Waals surface area contributed by atoms with E-state index in [1.807, 2.05) is 31.2 Å². The monoisotopic (exact) mass is 479 g/mol. The maximum atomic E-state index is 13.5. The molecule has 0 bridgehead atoms. The number of benzene rings is 2. The number of aromatic nitrogens is 2. The Bertz CT molecular complexity index is 1390. The van der Waals surface area contributed by atoms with E-state index in [0.717, 1.165) is 16.7 Å². The van der Waals surface area contributed by atoms with Crippen molar-refractivity contribution in [2.24, 2.45) is 0 Å². The Kier molecular flexibility index (Phi) is 6.41. The number of ketones is 1. The maximum Gasteiger partial charge on any atom is 0.262 e. The number of rotatable bonds is 6. The number of fused-ring (bicyclic) bond motifs is 1. The molecule has 2 aromatic carbocycles. The number of piperidine rings is 1. The molecule has 1 aliphatic rings. The van der Waals surface area contributed by atoms with E-state index in [2.05, 4.69) is 10.3 Å². The third-order valence-corrected chi connectivity index (χ3v) is 6.91. The fourth-order valence-electron chi connectivity index (χ4n) is 4.43. The summed E-state index contributed by atoms with van der Waals surface area (Å²) in [5.74, 6) is -0.366. The van der Waals surface area contributed by atoms with Gasteiger partial charge in [-0.05, 0) is 68.5 Å². The standard InChI is InChI=1S/C26H26ClN3O4/c1-15-4-5-18(14-21(15)27)12-19(31)8-6-17-7-9-22-20(13-17)24(33)30(16(2)28-22)26(3)11-10-23(32)29-25(26)34/h4-5,7,9,13-14H,6,8,10-12H2,1-3H3,(H,29,32,34)/t26-/m0/s1. The van der Waals surface area contributed by atoms with Crippen LogP contribution in [0, 0.1) is 13.8 Å². The van der Waals surface area contributed by atoms with Gasteiger partial charge in [0.15, 0.2) is 0 Å². The zero-order valence-electron chi connectivity index (χ0n) is 19.4. The van der Waals surface area contributed by atoms with Crippen molar-refractivity contribution in [3.8, 4) is 0 Å². The summed E-state index contributed by atoms with van der Waals surface area (Å²) in [6.07, 6.45) is 1.48. The van der Waals surface area contributed by atoms with Crippen LogP contribution in [0.5, 0.6) is 0 Å². The minimum absolute atomic E-state index is 0.0792. The molecule has 34 heavy (non-hydrogen) atoms. The van der Waals surface area contributed by atoms with Gasteiger partial charge in [-0.25, -0.2) is 4.98 Å². The molecule has 8 heteroatoms. The van der Waals surface area contributed by atoms with Crippen molar-refractivity contribution >= 4 is 40.1 Å². The molecule has 4 rings (SSSR count). The first-order valence-electron chi connectivity index (χ1n) is 11.2. The normalized spacial score (nSPS) is 18.2. The number of hydrogen-bond donors (Lipinski definition) is 1. The van der Waals surface area contributed by atoms with E-state index >= 15 is 0 Å². The number of aryl methyl sites for hydroxylation is 3. The van der Waals surface area contributed by atoms with Crippen molar-refractivity contribution in [3.63, 3.8) is 0 Å². The molecule has 1 aromatic heterocycles. The van der Waals surface area contributed by atoms with Crippen LogP contribution in [0.1, 0.15) is 48.7 Å². The fraction of sp³-hybridized carbons (Fsp3) is 0.346. The van der Waals surface area contributed by atoms with E-state index in [4.69, 9.17) is 11.6 Å². The lowest BCUT2D eigenvalue weighted by Crippen LogP contribution is -2.56. The Labute approximate surface area is 202 Å². The highest BCUT2D eigenvalue weighted by atomic mass is 35.5. The molecular formula is C26H26ClN3O4. The first kappa shape index (κ1) is 23.8. The smallest absolute Gasteiger partial charge is 0.262 e. The number of carbonyl (C=O) groups is 3. The van der Waals surface area contributed by atoms with Crippen molar-refractivity contribution in [2.75, 3.05) is 0 Å². The van der Waals surface area contributed by atoms with Crippen LogP contribution in [0.2, 0.25) is 5.02 Å². The minimum Gasteiger partial charge on any atom is -0.299 e. The highest BCUT2D eigenvalue weighted by Gasteiger charge is 2.42. The molecule has 0 radical (unpaired) electrons. The van der Waals surface area contributed by atoms with Crippen LogP contribution in [0.4, 0.5) is 0 Å². The highest BCUT2D eigenvalue weighted by molar-refractivity contribution is 6.31. The Morgan fingerprint density at radius 1 is 1.12 bits per heavy atom. The second kappa shape index (κ2) is 9.14. The second-order valence-electron chi connectivity index (χ2n) is 9.10. The molecule has 1 fully saturated rings. The molecule has 1 aliphatic heterocycles. The van der Waals surface area contributed by atoms with Gasteiger partial charge >= 0.3 is 0 Å². The van der Waals surface area contributed by atoms with Crippen molar-refractivity contribution in [1.82, 2.24) is 14.9 Å². The highest BCUT2D eigenvalue weighted by Crippen LogP contribution is 2.27. The summed E-state index contributed by atoms with van der Waals surface area (Å²) in [4.78, 5) is 54.8. The quantitative estimate of drug-likeness (QED) is 0.545. The van der Waals surface area contributed by atoms with Crippen LogP contribution in [0.25, 0.3) is 10.9 Å². The van der Waals surface area contributed by atoms with Crippen molar-refractivity contribution in [2.45, 2.75) is 58.4 Å². The Morgan fingerprint density at radius 2 is 1.85 bits per heavy atom. The summed E-state index contributed by atoms with van der Waals surface area (Å²) in [6.45, 7) is 5.24. The van der Waals surface area contributed by atoms with E-state index in [0.29, 0.717) is 41.0 Å². The lowest BCUT2D eigenvalue weighted by molar-refractivity contribution is -0.140. The predicted molar refractivity (Wildman–Crippen MR) is 130 cm³/mol. The molecule has 7 nitrogen and oxygen atoms in total. The molecule has 1 saturated heterocycles. The zero-order chi connectivity index (χ0) is 24.6. The van der Waals surface area contributed by atoms with Gasteiger partial charge in [0.1, 0.15) is 17.1 Å². The molecule has 3 aromatic rings. The average molecular weight is 480 g/mol. The van der Waals surface area contributed by atoms with Crippen LogP contribution in [0.3, 0.4) is 0 Å². The average Bonchev–Trinajstić information content (AvgIpc) is 2.78. The number of imide groups is 1. The number of carbonyl (C=O) groups excluding carboxylic acids is 3. The van der Waals surface area contributed by atoms with Gasteiger partial charge in [-0.2, -0.15) is 0 Å². The SMILES string of the molecule is Cc1ccc(CC(=O)CCc2ccc3nc(C)n([C@@]4(C)CCC(=O)NC4=O)c(=O)c3c2)cc1Cl. The molecular weight excluding hydrogens is 454 g/mol. The van der Waals surface area contributed by atoms with Gasteiger partial charge in [-0.15, -0.1) is 0 Å². The number of nitrogens with one attached hydrogen (secondary N) is 1. The van der Waals surface area contributed by atoms with Crippen LogP contribution in [-0.2, 0) is 32.8 Å². The van der Waals surface area contributed by atoms with Gasteiger partial charge in [0.25, 0.3) is 11.5 Å². The summed E-state index contributed by atoms with van der Waals surface area (Å²) in [7, 11) is 0. The van der Waals surface area contributed by atoms with Gasteiger partial charge < -0.3 is 0 Å². The van der Waals surface area contributed by atoms with E-state index < -0.39 is 11.4 Å². The lowest BCUT2D eigenvalue weighted by atomic mass is 9.90.